The normalized spacial score (nSPS) is 11.7. The van der Waals surface area contributed by atoms with Crippen LogP contribution in [0.2, 0.25) is 0 Å². The fraction of sp³-hybridized carbons (Fsp3) is 0.273. The Morgan fingerprint density at radius 2 is 2.12 bits per heavy atom. The lowest BCUT2D eigenvalue weighted by Gasteiger charge is -2.11. The zero-order valence-corrected chi connectivity index (χ0v) is 9.56. The number of amides is 1. The van der Waals surface area contributed by atoms with Crippen molar-refractivity contribution in [2.75, 3.05) is 12.4 Å². The molecule has 0 heterocycles. The Labute approximate surface area is 98.4 Å². The molecule has 1 rings (SSSR count). The summed E-state index contributed by atoms with van der Waals surface area (Å²) in [6.45, 7) is 1.51. The van der Waals surface area contributed by atoms with E-state index in [-0.39, 0.29) is 11.3 Å². The molecule has 0 aliphatic rings. The first-order valence-electron chi connectivity index (χ1n) is 4.93. The minimum absolute atomic E-state index is 0.0432. The molecule has 0 spiro atoms. The van der Waals surface area contributed by atoms with Gasteiger partial charge in [0.1, 0.15) is 5.75 Å². The summed E-state index contributed by atoms with van der Waals surface area (Å²) in [6, 6.07) is 3.64. The third kappa shape index (κ3) is 3.18. The van der Waals surface area contributed by atoms with Crippen LogP contribution in [-0.4, -0.2) is 30.1 Å². The number of methoxy groups -OCH3 is 1. The lowest BCUT2D eigenvalue weighted by Crippen LogP contribution is -2.33. The van der Waals surface area contributed by atoms with Gasteiger partial charge in [-0.1, -0.05) is 0 Å². The van der Waals surface area contributed by atoms with Crippen molar-refractivity contribution in [3.63, 3.8) is 0 Å². The van der Waals surface area contributed by atoms with Crippen LogP contribution in [0, 0.1) is 0 Å². The SMILES string of the molecule is COc1ccc(NC(=O)C(C)N)c(C(=O)O)c1. The average Bonchev–Trinajstić information content (AvgIpc) is 2.29. The largest absolute Gasteiger partial charge is 0.497 e. The van der Waals surface area contributed by atoms with Crippen molar-refractivity contribution < 1.29 is 19.4 Å². The Hall–Kier alpha value is -2.08. The molecule has 4 N–H and O–H groups in total. The quantitative estimate of drug-likeness (QED) is 0.715. The van der Waals surface area contributed by atoms with E-state index in [4.69, 9.17) is 15.6 Å². The molecule has 6 nitrogen and oxygen atoms in total. The number of nitrogens with one attached hydrogen (secondary N) is 1. The summed E-state index contributed by atoms with van der Waals surface area (Å²) in [5.74, 6) is -1.19. The van der Waals surface area contributed by atoms with Gasteiger partial charge in [0.05, 0.1) is 24.4 Å². The number of carbonyl (C=O) groups excluding carboxylic acids is 1. The van der Waals surface area contributed by atoms with Gasteiger partial charge in [-0.3, -0.25) is 4.79 Å². The molecule has 6 heteroatoms. The highest BCUT2D eigenvalue weighted by molar-refractivity contribution is 6.02. The molecule has 0 aliphatic heterocycles. The van der Waals surface area contributed by atoms with Gasteiger partial charge in [-0.2, -0.15) is 0 Å². The summed E-state index contributed by atoms with van der Waals surface area (Å²) in [5, 5.41) is 11.4. The number of carboxylic acid groups (broad SMARTS) is 1. The lowest BCUT2D eigenvalue weighted by atomic mass is 10.1. The smallest absolute Gasteiger partial charge is 0.337 e. The number of benzene rings is 1. The van der Waals surface area contributed by atoms with Crippen molar-refractivity contribution >= 4 is 17.6 Å². The maximum Gasteiger partial charge on any atom is 0.337 e. The number of anilines is 1. The number of nitrogens with two attached hydrogens (primary N) is 1. The molecule has 0 aliphatic carbocycles. The molecule has 0 aromatic heterocycles. The molecule has 1 unspecified atom stereocenters. The molecule has 0 fully saturated rings. The maximum absolute atomic E-state index is 11.4. The topological polar surface area (TPSA) is 102 Å². The van der Waals surface area contributed by atoms with Gasteiger partial charge < -0.3 is 20.9 Å². The summed E-state index contributed by atoms with van der Waals surface area (Å²) in [4.78, 5) is 22.4. The highest BCUT2D eigenvalue weighted by atomic mass is 16.5. The van der Waals surface area contributed by atoms with Crippen LogP contribution in [0.5, 0.6) is 5.75 Å². The van der Waals surface area contributed by atoms with Gasteiger partial charge >= 0.3 is 5.97 Å². The van der Waals surface area contributed by atoms with E-state index in [1.807, 2.05) is 0 Å². The molecule has 17 heavy (non-hydrogen) atoms. The van der Waals surface area contributed by atoms with Crippen molar-refractivity contribution in [3.8, 4) is 5.75 Å². The number of ether oxygens (including phenoxy) is 1. The van der Waals surface area contributed by atoms with Crippen LogP contribution >= 0.6 is 0 Å². The standard InChI is InChI=1S/C11H14N2O4/c1-6(12)10(14)13-9-4-3-7(17-2)5-8(9)11(15)16/h3-6H,12H2,1-2H3,(H,13,14)(H,15,16). The van der Waals surface area contributed by atoms with E-state index < -0.39 is 17.9 Å². The predicted octanol–water partition coefficient (Wildman–Crippen LogP) is 0.679. The van der Waals surface area contributed by atoms with Crippen LogP contribution in [0.15, 0.2) is 18.2 Å². The minimum Gasteiger partial charge on any atom is -0.497 e. The molecular formula is C11H14N2O4. The van der Waals surface area contributed by atoms with Crippen LogP contribution in [0.4, 0.5) is 5.69 Å². The van der Waals surface area contributed by atoms with Gasteiger partial charge in [-0.15, -0.1) is 0 Å². The summed E-state index contributed by atoms with van der Waals surface area (Å²) < 4.78 is 4.91. The molecule has 1 amide bonds. The van der Waals surface area contributed by atoms with E-state index in [0.717, 1.165) is 0 Å². The summed E-state index contributed by atoms with van der Waals surface area (Å²) in [5.41, 5.74) is 5.53. The Balaban J connectivity index is 3.06. The van der Waals surface area contributed by atoms with Crippen molar-refractivity contribution in [1.29, 1.82) is 0 Å². The molecule has 1 aromatic carbocycles. The van der Waals surface area contributed by atoms with E-state index in [0.29, 0.717) is 5.75 Å². The minimum atomic E-state index is -1.15. The van der Waals surface area contributed by atoms with Crippen molar-refractivity contribution in [2.45, 2.75) is 13.0 Å². The van der Waals surface area contributed by atoms with Gasteiger partial charge in [0.15, 0.2) is 0 Å². The molecule has 0 saturated carbocycles. The fourth-order valence-electron chi connectivity index (χ4n) is 1.18. The second-order valence-corrected chi connectivity index (χ2v) is 3.49. The molecule has 1 atom stereocenters. The first-order chi connectivity index (χ1) is 7.95. The van der Waals surface area contributed by atoms with Crippen LogP contribution in [0.3, 0.4) is 0 Å². The number of carboxylic acids is 1. The first kappa shape index (κ1) is 13.0. The Morgan fingerprint density at radius 3 is 2.59 bits per heavy atom. The van der Waals surface area contributed by atoms with Gasteiger partial charge in [-0.05, 0) is 25.1 Å². The summed E-state index contributed by atoms with van der Waals surface area (Å²) >= 11 is 0. The predicted molar refractivity (Wildman–Crippen MR) is 62.2 cm³/mol. The van der Waals surface area contributed by atoms with Crippen LogP contribution in [0.1, 0.15) is 17.3 Å². The van der Waals surface area contributed by atoms with E-state index in [1.165, 1.54) is 26.2 Å². The number of carbonyl (C=O) groups is 2. The van der Waals surface area contributed by atoms with E-state index in [9.17, 15) is 9.59 Å². The van der Waals surface area contributed by atoms with Gasteiger partial charge in [0.25, 0.3) is 0 Å². The molecule has 0 saturated heterocycles. The number of aromatic carboxylic acids is 1. The Morgan fingerprint density at radius 1 is 1.47 bits per heavy atom. The van der Waals surface area contributed by atoms with Crippen LogP contribution in [0.25, 0.3) is 0 Å². The molecule has 0 radical (unpaired) electrons. The van der Waals surface area contributed by atoms with Crippen molar-refractivity contribution in [2.24, 2.45) is 5.73 Å². The Bertz CT molecular complexity index is 443. The summed E-state index contributed by atoms with van der Waals surface area (Å²) in [7, 11) is 1.43. The number of rotatable bonds is 4. The van der Waals surface area contributed by atoms with E-state index in [1.54, 1.807) is 6.07 Å². The van der Waals surface area contributed by atoms with Gasteiger partial charge in [0, 0.05) is 0 Å². The van der Waals surface area contributed by atoms with E-state index >= 15 is 0 Å². The third-order valence-corrected chi connectivity index (χ3v) is 2.13. The monoisotopic (exact) mass is 238 g/mol. The zero-order chi connectivity index (χ0) is 13.0. The number of hydrogen-bond acceptors (Lipinski definition) is 4. The van der Waals surface area contributed by atoms with Crippen molar-refractivity contribution in [3.05, 3.63) is 23.8 Å². The molecule has 0 bridgehead atoms. The molecule has 92 valence electrons. The maximum atomic E-state index is 11.4. The summed E-state index contributed by atoms with van der Waals surface area (Å²) in [6.07, 6.45) is 0. The van der Waals surface area contributed by atoms with E-state index in [2.05, 4.69) is 5.32 Å². The second-order valence-electron chi connectivity index (χ2n) is 3.49. The average molecular weight is 238 g/mol. The molecule has 1 aromatic rings. The lowest BCUT2D eigenvalue weighted by molar-refractivity contribution is -0.117. The van der Waals surface area contributed by atoms with Crippen molar-refractivity contribution in [1.82, 2.24) is 0 Å². The highest BCUT2D eigenvalue weighted by Gasteiger charge is 2.15. The van der Waals surface area contributed by atoms with Gasteiger partial charge in [0.2, 0.25) is 5.91 Å². The third-order valence-electron chi connectivity index (χ3n) is 2.13. The highest BCUT2D eigenvalue weighted by Crippen LogP contribution is 2.22. The van der Waals surface area contributed by atoms with Crippen LogP contribution in [-0.2, 0) is 4.79 Å². The second kappa shape index (κ2) is 5.31. The number of hydrogen-bond donors (Lipinski definition) is 3. The van der Waals surface area contributed by atoms with Gasteiger partial charge in [-0.25, -0.2) is 4.79 Å². The molecular weight excluding hydrogens is 224 g/mol. The zero-order valence-electron chi connectivity index (χ0n) is 9.56. The first-order valence-corrected chi connectivity index (χ1v) is 4.93. The fourth-order valence-corrected chi connectivity index (χ4v) is 1.18. The Kier molecular flexibility index (Phi) is 4.06. The van der Waals surface area contributed by atoms with Crippen LogP contribution < -0.4 is 15.8 Å².